The quantitative estimate of drug-likeness (QED) is 0.708. The molecule has 2 N–H and O–H groups in total. The molecule has 0 spiro atoms. The van der Waals surface area contributed by atoms with E-state index in [9.17, 15) is 14.7 Å². The number of methoxy groups -OCH3 is 1. The summed E-state index contributed by atoms with van der Waals surface area (Å²) in [4.78, 5) is 23.2. The van der Waals surface area contributed by atoms with Gasteiger partial charge in [-0.15, -0.1) is 0 Å². The summed E-state index contributed by atoms with van der Waals surface area (Å²) in [5, 5.41) is 12.1. The van der Waals surface area contributed by atoms with Crippen molar-refractivity contribution in [2.24, 2.45) is 5.92 Å². The van der Waals surface area contributed by atoms with Crippen LogP contribution in [-0.2, 0) is 14.3 Å². The Morgan fingerprint density at radius 3 is 2.78 bits per heavy atom. The highest BCUT2D eigenvalue weighted by molar-refractivity contribution is 5.87. The van der Waals surface area contributed by atoms with Crippen LogP contribution in [-0.4, -0.2) is 36.2 Å². The van der Waals surface area contributed by atoms with Gasteiger partial charge in [-0.05, 0) is 25.2 Å². The lowest BCUT2D eigenvalue weighted by Gasteiger charge is -2.37. The molecule has 5 nitrogen and oxygen atoms in total. The first-order valence-corrected chi connectivity index (χ1v) is 6.53. The van der Waals surface area contributed by atoms with Crippen molar-refractivity contribution in [1.29, 1.82) is 0 Å². The van der Waals surface area contributed by atoms with Crippen molar-refractivity contribution >= 4 is 11.9 Å². The molecular weight excluding hydrogens is 234 g/mol. The lowest BCUT2D eigenvalue weighted by molar-refractivity contribution is -0.150. The molecule has 0 bridgehead atoms. The molecule has 1 amide bonds. The van der Waals surface area contributed by atoms with Gasteiger partial charge in [-0.3, -0.25) is 4.79 Å². The second-order valence-corrected chi connectivity index (χ2v) is 5.23. The maximum absolute atomic E-state index is 11.8. The van der Waals surface area contributed by atoms with Crippen LogP contribution in [0.2, 0.25) is 0 Å². The Kier molecular flexibility index (Phi) is 5.59. The smallest absolute Gasteiger partial charge is 0.329 e. The topological polar surface area (TPSA) is 75.6 Å². The molecule has 0 heterocycles. The van der Waals surface area contributed by atoms with Crippen molar-refractivity contribution in [3.63, 3.8) is 0 Å². The van der Waals surface area contributed by atoms with Gasteiger partial charge in [-0.2, -0.15) is 0 Å². The molecule has 0 aromatic carbocycles. The fourth-order valence-corrected chi connectivity index (χ4v) is 2.62. The summed E-state index contributed by atoms with van der Waals surface area (Å²) in [6, 6.07) is 0. The van der Waals surface area contributed by atoms with Gasteiger partial charge in [-0.1, -0.05) is 19.8 Å². The highest BCUT2D eigenvalue weighted by Gasteiger charge is 2.42. The third kappa shape index (κ3) is 3.98. The number of aliphatic carboxylic acids is 1. The van der Waals surface area contributed by atoms with Crippen molar-refractivity contribution in [2.75, 3.05) is 13.7 Å². The molecule has 0 aromatic heterocycles. The Morgan fingerprint density at radius 1 is 1.50 bits per heavy atom. The molecule has 5 heteroatoms. The second kappa shape index (κ2) is 6.73. The summed E-state index contributed by atoms with van der Waals surface area (Å²) >= 11 is 0. The average molecular weight is 257 g/mol. The molecule has 0 aliphatic heterocycles. The number of nitrogens with one attached hydrogen (secondary N) is 1. The molecule has 104 valence electrons. The van der Waals surface area contributed by atoms with Gasteiger partial charge in [0.15, 0.2) is 0 Å². The van der Waals surface area contributed by atoms with Crippen LogP contribution in [0, 0.1) is 5.92 Å². The van der Waals surface area contributed by atoms with Crippen LogP contribution < -0.4 is 5.32 Å². The summed E-state index contributed by atoms with van der Waals surface area (Å²) in [6.07, 6.45) is 3.88. The van der Waals surface area contributed by atoms with E-state index >= 15 is 0 Å². The Bertz CT molecular complexity index is 305. The molecule has 2 unspecified atom stereocenters. The van der Waals surface area contributed by atoms with Crippen LogP contribution in [0.5, 0.6) is 0 Å². The van der Waals surface area contributed by atoms with Crippen LogP contribution >= 0.6 is 0 Å². The first kappa shape index (κ1) is 15.0. The van der Waals surface area contributed by atoms with Crippen LogP contribution in [0.3, 0.4) is 0 Å². The van der Waals surface area contributed by atoms with Gasteiger partial charge < -0.3 is 15.2 Å². The van der Waals surface area contributed by atoms with Crippen molar-refractivity contribution in [3.05, 3.63) is 0 Å². The standard InChI is InChI=1S/C13H23NO4/c1-10-5-3-7-13(9-10,12(16)17)14-11(15)6-4-8-18-2/h10H,3-9H2,1-2H3,(H,14,15)(H,16,17). The molecule has 1 fully saturated rings. The number of ether oxygens (including phenoxy) is 1. The summed E-state index contributed by atoms with van der Waals surface area (Å²) in [6.45, 7) is 2.55. The van der Waals surface area contributed by atoms with E-state index in [4.69, 9.17) is 4.74 Å². The van der Waals surface area contributed by atoms with Gasteiger partial charge in [0.2, 0.25) is 5.91 Å². The number of carbonyl (C=O) groups excluding carboxylic acids is 1. The Hall–Kier alpha value is -1.10. The SMILES string of the molecule is COCCCC(=O)NC1(C(=O)O)CCCC(C)C1. The monoisotopic (exact) mass is 257 g/mol. The molecule has 2 atom stereocenters. The van der Waals surface area contributed by atoms with Crippen molar-refractivity contribution in [1.82, 2.24) is 5.32 Å². The van der Waals surface area contributed by atoms with Crippen LogP contribution in [0.4, 0.5) is 0 Å². The molecule has 1 saturated carbocycles. The summed E-state index contributed by atoms with van der Waals surface area (Å²) < 4.78 is 4.88. The Labute approximate surface area is 108 Å². The number of carbonyl (C=O) groups is 2. The van der Waals surface area contributed by atoms with Crippen molar-refractivity contribution in [3.8, 4) is 0 Å². The molecule has 1 rings (SSSR count). The largest absolute Gasteiger partial charge is 0.480 e. The van der Waals surface area contributed by atoms with E-state index in [0.29, 0.717) is 38.2 Å². The number of carboxylic acids is 1. The van der Waals surface area contributed by atoms with Crippen molar-refractivity contribution < 1.29 is 19.4 Å². The maximum Gasteiger partial charge on any atom is 0.329 e. The van der Waals surface area contributed by atoms with Crippen LogP contribution in [0.25, 0.3) is 0 Å². The van der Waals surface area contributed by atoms with E-state index in [1.165, 1.54) is 0 Å². The third-order valence-electron chi connectivity index (χ3n) is 3.54. The van der Waals surface area contributed by atoms with Gasteiger partial charge >= 0.3 is 5.97 Å². The van der Waals surface area contributed by atoms with E-state index < -0.39 is 11.5 Å². The van der Waals surface area contributed by atoms with Gasteiger partial charge in [0.25, 0.3) is 0 Å². The zero-order chi connectivity index (χ0) is 13.6. The molecule has 0 saturated heterocycles. The highest BCUT2D eigenvalue weighted by atomic mass is 16.5. The van der Waals surface area contributed by atoms with E-state index in [1.54, 1.807) is 7.11 Å². The van der Waals surface area contributed by atoms with Gasteiger partial charge in [0.1, 0.15) is 5.54 Å². The minimum atomic E-state index is -1.05. The average Bonchev–Trinajstić information content (AvgIpc) is 2.29. The summed E-state index contributed by atoms with van der Waals surface area (Å²) in [5.74, 6) is -0.758. The number of carboxylic acid groups (broad SMARTS) is 1. The maximum atomic E-state index is 11.8. The highest BCUT2D eigenvalue weighted by Crippen LogP contribution is 2.32. The number of hydrogen-bond acceptors (Lipinski definition) is 3. The summed E-state index contributed by atoms with van der Waals surface area (Å²) in [7, 11) is 1.58. The fraction of sp³-hybridized carbons (Fsp3) is 0.846. The Balaban J connectivity index is 2.57. The molecular formula is C13H23NO4. The number of hydrogen-bond donors (Lipinski definition) is 2. The van der Waals surface area contributed by atoms with E-state index in [0.717, 1.165) is 12.8 Å². The minimum absolute atomic E-state index is 0.191. The van der Waals surface area contributed by atoms with E-state index in [-0.39, 0.29) is 5.91 Å². The lowest BCUT2D eigenvalue weighted by Crippen LogP contribution is -2.56. The Morgan fingerprint density at radius 2 is 2.22 bits per heavy atom. The summed E-state index contributed by atoms with van der Waals surface area (Å²) in [5.41, 5.74) is -1.05. The van der Waals surface area contributed by atoms with Gasteiger partial charge in [-0.25, -0.2) is 4.79 Å². The first-order chi connectivity index (χ1) is 8.50. The zero-order valence-electron chi connectivity index (χ0n) is 11.2. The molecule has 0 aromatic rings. The van der Waals surface area contributed by atoms with Gasteiger partial charge in [0.05, 0.1) is 0 Å². The van der Waals surface area contributed by atoms with E-state index in [1.807, 2.05) is 6.92 Å². The predicted molar refractivity (Wildman–Crippen MR) is 67.3 cm³/mol. The van der Waals surface area contributed by atoms with Crippen molar-refractivity contribution in [2.45, 2.75) is 51.0 Å². The molecule has 1 aliphatic carbocycles. The van der Waals surface area contributed by atoms with Crippen LogP contribution in [0.1, 0.15) is 45.4 Å². The molecule has 18 heavy (non-hydrogen) atoms. The molecule has 0 radical (unpaired) electrons. The predicted octanol–water partition coefficient (Wildman–Crippen LogP) is 1.56. The third-order valence-corrected chi connectivity index (χ3v) is 3.54. The van der Waals surface area contributed by atoms with Crippen LogP contribution in [0.15, 0.2) is 0 Å². The fourth-order valence-electron chi connectivity index (χ4n) is 2.62. The van der Waals surface area contributed by atoms with E-state index in [2.05, 4.69) is 5.32 Å². The van der Waals surface area contributed by atoms with Gasteiger partial charge in [0, 0.05) is 20.1 Å². The number of rotatable bonds is 6. The number of amides is 1. The first-order valence-electron chi connectivity index (χ1n) is 6.53. The molecule has 1 aliphatic rings. The normalized spacial score (nSPS) is 27.8. The second-order valence-electron chi connectivity index (χ2n) is 5.23. The lowest BCUT2D eigenvalue weighted by atomic mass is 9.76. The minimum Gasteiger partial charge on any atom is -0.480 e. The zero-order valence-corrected chi connectivity index (χ0v) is 11.2.